The van der Waals surface area contributed by atoms with Gasteiger partial charge in [0.05, 0.1) is 0 Å². The van der Waals surface area contributed by atoms with Gasteiger partial charge in [-0.15, -0.1) is 0 Å². The van der Waals surface area contributed by atoms with Crippen molar-refractivity contribution in [3.05, 3.63) is 63.7 Å². The fourth-order valence-corrected chi connectivity index (χ4v) is 5.25. The number of nitriles is 1. The standard InChI is InChI=1S/C19H11F3N2O2SSe/c1-10-16(18(25)26)28-17(24-10)11-5-6-15(12(7-11)9-23)27-14-4-2-3-13(8-14)19(20,21)22/h2-8H,1H3,(H,25,26). The fourth-order valence-electron chi connectivity index (χ4n) is 2.42. The van der Waals surface area contributed by atoms with Crippen LogP contribution in [-0.2, 0) is 6.18 Å². The van der Waals surface area contributed by atoms with E-state index in [9.17, 15) is 28.3 Å². The number of carboxylic acids is 1. The van der Waals surface area contributed by atoms with Crippen LogP contribution in [0.2, 0.25) is 0 Å². The summed E-state index contributed by atoms with van der Waals surface area (Å²) in [5, 5.41) is 18.6. The molecule has 9 heteroatoms. The van der Waals surface area contributed by atoms with Crippen molar-refractivity contribution in [1.82, 2.24) is 4.98 Å². The van der Waals surface area contributed by atoms with Crippen molar-refractivity contribution < 1.29 is 23.1 Å². The zero-order valence-corrected chi connectivity index (χ0v) is 16.8. The third-order valence-electron chi connectivity index (χ3n) is 3.73. The molecule has 0 amide bonds. The van der Waals surface area contributed by atoms with Crippen LogP contribution in [0.4, 0.5) is 13.2 Å². The summed E-state index contributed by atoms with van der Waals surface area (Å²) in [4.78, 5) is 16.4. The van der Waals surface area contributed by atoms with E-state index < -0.39 is 32.2 Å². The molecule has 3 aromatic rings. The third kappa shape index (κ3) is 4.30. The number of alkyl halides is 3. The molecule has 4 nitrogen and oxygen atoms in total. The first-order valence-corrected chi connectivity index (χ1v) is 10.3. The second-order valence-corrected chi connectivity index (χ2v) is 8.90. The van der Waals surface area contributed by atoms with Crippen molar-refractivity contribution in [2.75, 3.05) is 0 Å². The van der Waals surface area contributed by atoms with Gasteiger partial charge in [0.25, 0.3) is 0 Å². The Morgan fingerprint density at radius 1 is 1.25 bits per heavy atom. The number of hydrogen-bond donors (Lipinski definition) is 1. The molecule has 0 bridgehead atoms. The Kier molecular flexibility index (Phi) is 5.66. The number of carbonyl (C=O) groups is 1. The Balaban J connectivity index is 1.94. The zero-order valence-electron chi connectivity index (χ0n) is 14.2. The molecule has 28 heavy (non-hydrogen) atoms. The molecule has 0 aliphatic rings. The van der Waals surface area contributed by atoms with Crippen LogP contribution in [0.25, 0.3) is 10.1 Å². The molecule has 0 saturated carbocycles. The average molecular weight is 467 g/mol. The predicted octanol–water partition coefficient (Wildman–Crippen LogP) is 4.85. The van der Waals surface area contributed by atoms with Crippen LogP contribution >= 0.6 is 11.8 Å². The van der Waals surface area contributed by atoms with Crippen LogP contribution in [-0.4, -0.2) is 30.6 Å². The van der Waals surface area contributed by atoms with E-state index in [0.717, 1.165) is 23.9 Å². The van der Waals surface area contributed by atoms with Gasteiger partial charge in [-0.3, -0.25) is 0 Å². The molecule has 0 unspecified atom stereocenters. The summed E-state index contributed by atoms with van der Waals surface area (Å²) >= 11 is 0.591. The van der Waals surface area contributed by atoms with Gasteiger partial charge in [-0.1, -0.05) is 0 Å². The number of hydrogen-bond acceptors (Lipinski definition) is 4. The Labute approximate surface area is 168 Å². The summed E-state index contributed by atoms with van der Waals surface area (Å²) in [6.07, 6.45) is -4.44. The quantitative estimate of drug-likeness (QED) is 0.556. The van der Waals surface area contributed by atoms with Crippen LogP contribution in [0, 0.1) is 18.3 Å². The molecule has 0 saturated heterocycles. The molecule has 3 rings (SSSR count). The number of rotatable bonds is 4. The minimum absolute atomic E-state index is 0.267. The Hall–Kier alpha value is -2.53. The van der Waals surface area contributed by atoms with E-state index >= 15 is 0 Å². The van der Waals surface area contributed by atoms with E-state index in [1.807, 2.05) is 6.07 Å². The van der Waals surface area contributed by atoms with E-state index in [1.165, 1.54) is 6.07 Å². The number of aryl methyl sites for hydroxylation is 1. The molecule has 0 aliphatic heterocycles. The molecule has 2 aromatic carbocycles. The van der Waals surface area contributed by atoms with E-state index in [1.54, 1.807) is 31.2 Å². The Bertz CT molecular complexity index is 1100. The van der Waals surface area contributed by atoms with Crippen molar-refractivity contribution in [1.29, 1.82) is 5.26 Å². The Morgan fingerprint density at radius 2 is 2.00 bits per heavy atom. The van der Waals surface area contributed by atoms with Gasteiger partial charge in [0.15, 0.2) is 0 Å². The molecule has 142 valence electrons. The first-order valence-electron chi connectivity index (χ1n) is 7.79. The fraction of sp³-hybridized carbons (Fsp3) is 0.105. The van der Waals surface area contributed by atoms with Crippen LogP contribution in [0.1, 0.15) is 26.1 Å². The number of aromatic nitrogens is 1. The molecule has 0 radical (unpaired) electrons. The van der Waals surface area contributed by atoms with Crippen LogP contribution in [0.3, 0.4) is 0 Å². The number of aromatic carboxylic acids is 1. The van der Waals surface area contributed by atoms with Crippen molar-refractivity contribution in [2.45, 2.75) is 22.9 Å². The second kappa shape index (κ2) is 7.84. The summed E-state index contributed by atoms with van der Waals surface area (Å²) < 4.78 is 39.5. The van der Waals surface area contributed by atoms with Gasteiger partial charge in [-0.25, -0.2) is 0 Å². The van der Waals surface area contributed by atoms with Crippen molar-refractivity contribution in [2.24, 2.45) is 0 Å². The molecule has 1 heterocycles. The SMILES string of the molecule is Cc1nc(-c2ccc(Sc3cccc(C(F)(F)F)c3)c(C#N)c2)[se]c1C(=O)O. The number of benzene rings is 2. The topological polar surface area (TPSA) is 74.0 Å². The molecule has 1 N–H and O–H groups in total. The molecular weight excluding hydrogens is 456 g/mol. The second-order valence-electron chi connectivity index (χ2n) is 5.69. The first kappa shape index (κ1) is 20.2. The molecule has 0 spiro atoms. The van der Waals surface area contributed by atoms with Crippen LogP contribution < -0.4 is 0 Å². The monoisotopic (exact) mass is 468 g/mol. The number of nitrogens with zero attached hydrogens (tertiary/aromatic N) is 2. The molecular formula is C19H11F3N2O2SSe. The van der Waals surface area contributed by atoms with Crippen molar-refractivity contribution in [3.63, 3.8) is 0 Å². The van der Waals surface area contributed by atoms with Gasteiger partial charge in [0, 0.05) is 0 Å². The normalized spacial score (nSPS) is 11.2. The number of halogens is 3. The van der Waals surface area contributed by atoms with Gasteiger partial charge in [-0.05, 0) is 0 Å². The van der Waals surface area contributed by atoms with Gasteiger partial charge in [0.2, 0.25) is 0 Å². The third-order valence-corrected chi connectivity index (χ3v) is 7.30. The maximum atomic E-state index is 12.9. The maximum absolute atomic E-state index is 12.9. The summed E-state index contributed by atoms with van der Waals surface area (Å²) in [5.74, 6) is -1.01. The summed E-state index contributed by atoms with van der Waals surface area (Å²) in [5.41, 5.74) is 0.627. The minimum atomic E-state index is -4.44. The van der Waals surface area contributed by atoms with E-state index in [0.29, 0.717) is 31.2 Å². The zero-order chi connectivity index (χ0) is 20.5. The molecule has 1 aromatic heterocycles. The van der Waals surface area contributed by atoms with Crippen LogP contribution in [0.15, 0.2) is 52.3 Å². The van der Waals surface area contributed by atoms with Gasteiger partial charge < -0.3 is 0 Å². The van der Waals surface area contributed by atoms with Gasteiger partial charge in [0.1, 0.15) is 0 Å². The first-order chi connectivity index (χ1) is 13.2. The summed E-state index contributed by atoms with van der Waals surface area (Å²) in [6.45, 7) is 1.63. The number of carboxylic acid groups (broad SMARTS) is 1. The Morgan fingerprint density at radius 3 is 2.61 bits per heavy atom. The molecule has 0 aliphatic carbocycles. The van der Waals surface area contributed by atoms with E-state index in [2.05, 4.69) is 4.98 Å². The molecule has 0 atom stereocenters. The van der Waals surface area contributed by atoms with Crippen LogP contribution in [0.5, 0.6) is 0 Å². The van der Waals surface area contributed by atoms with Crippen molar-refractivity contribution in [3.8, 4) is 16.2 Å². The van der Waals surface area contributed by atoms with Gasteiger partial charge >= 0.3 is 168 Å². The van der Waals surface area contributed by atoms with E-state index in [-0.39, 0.29) is 4.44 Å². The summed E-state index contributed by atoms with van der Waals surface area (Å²) in [7, 11) is 0. The van der Waals surface area contributed by atoms with Crippen molar-refractivity contribution >= 4 is 32.2 Å². The summed E-state index contributed by atoms with van der Waals surface area (Å²) in [6, 6.07) is 11.9. The van der Waals surface area contributed by atoms with E-state index in [4.69, 9.17) is 0 Å². The average Bonchev–Trinajstić information content (AvgIpc) is 3.03. The predicted molar refractivity (Wildman–Crippen MR) is 98.6 cm³/mol. The van der Waals surface area contributed by atoms with Gasteiger partial charge in [-0.2, -0.15) is 0 Å². The molecule has 0 fully saturated rings.